The third kappa shape index (κ3) is 4.58. The molecule has 0 atom stereocenters. The molecule has 0 aliphatic carbocycles. The molecular formula is C22H18F5NO4. The molecule has 1 heterocycles. The van der Waals surface area contributed by atoms with E-state index < -0.39 is 53.0 Å². The van der Waals surface area contributed by atoms with Crippen LogP contribution in [0.5, 0.6) is 5.75 Å². The molecule has 0 unspecified atom stereocenters. The van der Waals surface area contributed by atoms with Crippen molar-refractivity contribution >= 4 is 16.9 Å². The fourth-order valence-electron chi connectivity index (χ4n) is 2.93. The Kier molecular flexibility index (Phi) is 6.25. The lowest BCUT2D eigenvalue weighted by Gasteiger charge is -2.19. The fraction of sp³-hybridized carbons (Fsp3) is 0.273. The fourth-order valence-corrected chi connectivity index (χ4v) is 2.93. The smallest absolute Gasteiger partial charge is 0.336 e. The van der Waals surface area contributed by atoms with Gasteiger partial charge in [0, 0.05) is 18.0 Å². The summed E-state index contributed by atoms with van der Waals surface area (Å²) in [7, 11) is 0. The molecule has 0 fully saturated rings. The lowest BCUT2D eigenvalue weighted by Crippen LogP contribution is -2.29. The van der Waals surface area contributed by atoms with E-state index in [-0.39, 0.29) is 12.0 Å². The summed E-state index contributed by atoms with van der Waals surface area (Å²) < 4.78 is 76.5. The number of ether oxygens (including phenoxy) is 1. The quantitative estimate of drug-likeness (QED) is 0.267. The first-order valence-corrected chi connectivity index (χ1v) is 9.38. The zero-order chi connectivity index (χ0) is 23.8. The number of hydrogen-bond acceptors (Lipinski definition) is 4. The number of amides is 1. The summed E-state index contributed by atoms with van der Waals surface area (Å²) in [5, 5.41) is 2.94. The van der Waals surface area contributed by atoms with Crippen LogP contribution in [-0.2, 0) is 16.8 Å². The van der Waals surface area contributed by atoms with E-state index in [4.69, 9.17) is 4.42 Å². The van der Waals surface area contributed by atoms with Crippen molar-refractivity contribution in [3.8, 4) is 5.75 Å². The van der Waals surface area contributed by atoms with Crippen LogP contribution in [0.1, 0.15) is 31.9 Å². The number of nitrogens with one attached hydrogen (secondary N) is 1. The van der Waals surface area contributed by atoms with Gasteiger partial charge in [0.05, 0.1) is 0 Å². The molecule has 1 N–H and O–H groups in total. The molecular weight excluding hydrogens is 437 g/mol. The second-order valence-electron chi connectivity index (χ2n) is 8.02. The second kappa shape index (κ2) is 8.60. The van der Waals surface area contributed by atoms with Gasteiger partial charge in [0.15, 0.2) is 12.4 Å². The van der Waals surface area contributed by atoms with E-state index in [0.717, 1.165) is 5.56 Å². The number of fused-ring (bicyclic) bond motifs is 1. The average Bonchev–Trinajstić information content (AvgIpc) is 2.73. The van der Waals surface area contributed by atoms with Gasteiger partial charge in [-0.2, -0.15) is 8.78 Å². The number of hydrogen-bond donors (Lipinski definition) is 1. The maximum Gasteiger partial charge on any atom is 0.336 e. The van der Waals surface area contributed by atoms with Crippen molar-refractivity contribution in [2.24, 2.45) is 0 Å². The van der Waals surface area contributed by atoms with Crippen LogP contribution in [0.3, 0.4) is 0 Å². The number of halogens is 5. The van der Waals surface area contributed by atoms with E-state index in [1.165, 1.54) is 6.07 Å². The monoisotopic (exact) mass is 455 g/mol. The predicted octanol–water partition coefficient (Wildman–Crippen LogP) is 4.48. The highest BCUT2D eigenvalue weighted by molar-refractivity contribution is 5.82. The second-order valence-corrected chi connectivity index (χ2v) is 8.02. The number of benzene rings is 2. The molecule has 170 valence electrons. The van der Waals surface area contributed by atoms with E-state index in [2.05, 4.69) is 10.1 Å². The minimum atomic E-state index is -2.33. The lowest BCUT2D eigenvalue weighted by atomic mass is 9.86. The third-order valence-corrected chi connectivity index (χ3v) is 4.69. The van der Waals surface area contributed by atoms with E-state index in [9.17, 15) is 31.5 Å². The van der Waals surface area contributed by atoms with Crippen molar-refractivity contribution in [1.82, 2.24) is 5.32 Å². The first-order valence-electron chi connectivity index (χ1n) is 9.38. The molecule has 0 aliphatic rings. The maximum atomic E-state index is 13.6. The molecule has 0 aliphatic heterocycles. The van der Waals surface area contributed by atoms with Crippen molar-refractivity contribution in [3.05, 3.63) is 74.9 Å². The molecule has 0 saturated carbocycles. The Bertz CT molecular complexity index is 1230. The number of carbonyl (C=O) groups is 1. The van der Waals surface area contributed by atoms with Gasteiger partial charge in [0.25, 0.3) is 5.91 Å². The van der Waals surface area contributed by atoms with Gasteiger partial charge < -0.3 is 14.5 Å². The van der Waals surface area contributed by atoms with E-state index >= 15 is 0 Å². The molecule has 0 saturated heterocycles. The molecule has 0 radical (unpaired) electrons. The first kappa shape index (κ1) is 23.2. The van der Waals surface area contributed by atoms with Crippen LogP contribution in [0.25, 0.3) is 11.0 Å². The molecule has 2 aromatic carbocycles. The van der Waals surface area contributed by atoms with Crippen molar-refractivity contribution in [2.45, 2.75) is 32.7 Å². The number of carbonyl (C=O) groups excluding carboxylic acids is 1. The molecule has 5 nitrogen and oxygen atoms in total. The summed E-state index contributed by atoms with van der Waals surface area (Å²) in [6, 6.07) is 6.44. The van der Waals surface area contributed by atoms with Gasteiger partial charge in [-0.3, -0.25) is 4.79 Å². The highest BCUT2D eigenvalue weighted by atomic mass is 19.2. The summed E-state index contributed by atoms with van der Waals surface area (Å²) in [5.74, 6) is -13.5. The minimum absolute atomic E-state index is 0.172. The van der Waals surface area contributed by atoms with Crippen LogP contribution in [0, 0.1) is 29.1 Å². The van der Waals surface area contributed by atoms with Crippen LogP contribution in [0.15, 0.2) is 33.5 Å². The minimum Gasteiger partial charge on any atom is -0.477 e. The van der Waals surface area contributed by atoms with Gasteiger partial charge in [0.2, 0.25) is 29.1 Å². The van der Waals surface area contributed by atoms with E-state index in [0.29, 0.717) is 16.5 Å². The summed E-state index contributed by atoms with van der Waals surface area (Å²) in [6.45, 7) is 4.78. The third-order valence-electron chi connectivity index (χ3n) is 4.69. The molecule has 3 aromatic rings. The van der Waals surface area contributed by atoms with Crippen molar-refractivity contribution in [3.63, 3.8) is 0 Å². The zero-order valence-corrected chi connectivity index (χ0v) is 17.2. The molecule has 0 spiro atoms. The topological polar surface area (TPSA) is 68.5 Å². The van der Waals surface area contributed by atoms with Gasteiger partial charge in [-0.1, -0.05) is 26.8 Å². The van der Waals surface area contributed by atoms with Crippen LogP contribution >= 0.6 is 0 Å². The van der Waals surface area contributed by atoms with Crippen molar-refractivity contribution in [1.29, 1.82) is 0 Å². The summed E-state index contributed by atoms with van der Waals surface area (Å²) in [5.41, 5.74) is 0.801. The van der Waals surface area contributed by atoms with Crippen LogP contribution < -0.4 is 15.7 Å². The Morgan fingerprint density at radius 1 is 0.969 bits per heavy atom. The van der Waals surface area contributed by atoms with Gasteiger partial charge in [-0.05, 0) is 28.7 Å². The Labute approximate surface area is 178 Å². The molecule has 1 aromatic heterocycles. The van der Waals surface area contributed by atoms with Crippen LogP contribution in [0.4, 0.5) is 22.0 Å². The Morgan fingerprint density at radius 2 is 1.56 bits per heavy atom. The summed E-state index contributed by atoms with van der Waals surface area (Å²) >= 11 is 0. The standard InChI is InChI=1S/C22H18F5NO4/c1-22(2,3)11-4-5-13-12(7-11)10(6-15(30)32-13)8-28-14(29)9-31-21-19(26)17(24)16(23)18(25)20(21)27/h4-7H,8-9H2,1-3H3,(H,28,29). The van der Waals surface area contributed by atoms with Gasteiger partial charge in [0.1, 0.15) is 5.58 Å². The lowest BCUT2D eigenvalue weighted by molar-refractivity contribution is -0.123. The first-order chi connectivity index (χ1) is 14.9. The molecule has 3 rings (SSSR count). The normalized spacial score (nSPS) is 11.6. The Morgan fingerprint density at radius 3 is 2.16 bits per heavy atom. The van der Waals surface area contributed by atoms with E-state index in [1.54, 1.807) is 6.07 Å². The van der Waals surface area contributed by atoms with E-state index in [1.807, 2.05) is 32.9 Å². The molecule has 10 heteroatoms. The van der Waals surface area contributed by atoms with Crippen LogP contribution in [0.2, 0.25) is 0 Å². The van der Waals surface area contributed by atoms with Crippen molar-refractivity contribution in [2.75, 3.05) is 6.61 Å². The van der Waals surface area contributed by atoms with Gasteiger partial charge >= 0.3 is 5.63 Å². The molecule has 32 heavy (non-hydrogen) atoms. The van der Waals surface area contributed by atoms with Gasteiger partial charge in [-0.25, -0.2) is 18.0 Å². The van der Waals surface area contributed by atoms with Gasteiger partial charge in [-0.15, -0.1) is 0 Å². The van der Waals surface area contributed by atoms with Crippen LogP contribution in [-0.4, -0.2) is 12.5 Å². The molecule has 1 amide bonds. The predicted molar refractivity (Wildman–Crippen MR) is 105 cm³/mol. The Balaban J connectivity index is 1.78. The molecule has 0 bridgehead atoms. The largest absolute Gasteiger partial charge is 0.477 e. The zero-order valence-electron chi connectivity index (χ0n) is 17.2. The summed E-state index contributed by atoms with van der Waals surface area (Å²) in [6.07, 6.45) is 0. The maximum absolute atomic E-state index is 13.6. The summed E-state index contributed by atoms with van der Waals surface area (Å²) in [4.78, 5) is 23.9. The number of rotatable bonds is 5. The highest BCUT2D eigenvalue weighted by Gasteiger charge is 2.27. The Hall–Kier alpha value is -3.43. The highest BCUT2D eigenvalue weighted by Crippen LogP contribution is 2.29. The SMILES string of the molecule is CC(C)(C)c1ccc2oc(=O)cc(CNC(=O)COc3c(F)c(F)c(F)c(F)c3F)c2c1. The average molecular weight is 455 g/mol. The van der Waals surface area contributed by atoms with Crippen molar-refractivity contribution < 1.29 is 35.9 Å².